The number of benzene rings is 1. The van der Waals surface area contributed by atoms with Gasteiger partial charge in [0.1, 0.15) is 0 Å². The fraction of sp³-hybridized carbons (Fsp3) is 0.100. The van der Waals surface area contributed by atoms with Crippen molar-refractivity contribution in [1.29, 1.82) is 0 Å². The summed E-state index contributed by atoms with van der Waals surface area (Å²) >= 11 is 0. The Morgan fingerprint density at radius 3 is 2.31 bits per heavy atom. The van der Waals surface area contributed by atoms with Crippen LogP contribution in [0.4, 0.5) is 0 Å². The van der Waals surface area contributed by atoms with Crippen molar-refractivity contribution in [3.05, 3.63) is 35.9 Å². The molecule has 0 bridgehead atoms. The van der Waals surface area contributed by atoms with E-state index >= 15 is 0 Å². The molecule has 0 unspecified atom stereocenters. The fourth-order valence-electron chi connectivity index (χ4n) is 1.00. The molecule has 0 radical (unpaired) electrons. The highest BCUT2D eigenvalue weighted by Crippen LogP contribution is 2.09. The predicted octanol–water partition coefficient (Wildman–Crippen LogP) is 0.520. The molecular formula is C10H11NO4S. The van der Waals surface area contributed by atoms with Crippen LogP contribution in [0.15, 0.2) is 35.2 Å². The number of nitrogens with two attached hydrogens (primary N) is 1. The smallest absolute Gasteiger partial charge is 0.330 e. The van der Waals surface area contributed by atoms with Gasteiger partial charge in [-0.2, -0.15) is 0 Å². The number of carbonyl (C=O) groups is 1. The molecule has 6 heteroatoms. The Bertz CT molecular complexity index is 502. The van der Waals surface area contributed by atoms with Gasteiger partial charge in [0.2, 0.25) is 10.0 Å². The second-order valence-corrected chi connectivity index (χ2v) is 4.53. The lowest BCUT2D eigenvalue weighted by molar-refractivity contribution is -0.134. The molecule has 0 aliphatic heterocycles. The molecule has 1 rings (SSSR count). The van der Waals surface area contributed by atoms with Gasteiger partial charge in [0, 0.05) is 6.08 Å². The first-order chi connectivity index (χ1) is 7.43. The lowest BCUT2D eigenvalue weighted by Crippen LogP contribution is -2.11. The molecule has 0 aliphatic rings. The second-order valence-electron chi connectivity index (χ2n) is 2.97. The first-order valence-electron chi connectivity index (χ1n) is 4.32. The number of hydrogen-bond donors (Lipinski definition) is 1. The van der Waals surface area contributed by atoms with Crippen LogP contribution >= 0.6 is 0 Å². The molecule has 0 spiro atoms. The highest BCUT2D eigenvalue weighted by Gasteiger charge is 2.05. The summed E-state index contributed by atoms with van der Waals surface area (Å²) in [5.41, 5.74) is 0.679. The van der Waals surface area contributed by atoms with Gasteiger partial charge in [-0.05, 0) is 23.8 Å². The first kappa shape index (κ1) is 12.4. The van der Waals surface area contributed by atoms with Crippen LogP contribution in [-0.4, -0.2) is 21.5 Å². The average molecular weight is 241 g/mol. The molecule has 0 fully saturated rings. The third-order valence-corrected chi connectivity index (χ3v) is 2.75. The lowest BCUT2D eigenvalue weighted by Gasteiger charge is -1.98. The molecule has 1 aromatic rings. The normalized spacial score (nSPS) is 11.6. The number of ether oxygens (including phenoxy) is 1. The zero-order valence-electron chi connectivity index (χ0n) is 8.58. The van der Waals surface area contributed by atoms with Gasteiger partial charge in [0.15, 0.2) is 0 Å². The van der Waals surface area contributed by atoms with Crippen LogP contribution in [-0.2, 0) is 19.6 Å². The molecule has 0 aromatic heterocycles. The second kappa shape index (κ2) is 4.91. The number of methoxy groups -OCH3 is 1. The van der Waals surface area contributed by atoms with Crippen molar-refractivity contribution < 1.29 is 17.9 Å². The fourth-order valence-corrected chi connectivity index (χ4v) is 1.52. The van der Waals surface area contributed by atoms with Crippen molar-refractivity contribution in [2.75, 3.05) is 7.11 Å². The molecule has 16 heavy (non-hydrogen) atoms. The van der Waals surface area contributed by atoms with Gasteiger partial charge >= 0.3 is 5.97 Å². The maximum absolute atomic E-state index is 10.9. The summed E-state index contributed by atoms with van der Waals surface area (Å²) in [6.07, 6.45) is 2.75. The van der Waals surface area contributed by atoms with E-state index in [9.17, 15) is 13.2 Å². The van der Waals surface area contributed by atoms with Crippen LogP contribution < -0.4 is 5.14 Å². The Labute approximate surface area is 93.6 Å². The molecule has 5 nitrogen and oxygen atoms in total. The standard InChI is InChI=1S/C10H11NO4S/c1-15-10(12)7-4-8-2-5-9(6-3-8)16(11,13)14/h2-7H,1H3,(H2,11,13,14)/b7-4+. The molecule has 0 atom stereocenters. The van der Waals surface area contributed by atoms with Gasteiger partial charge in [-0.3, -0.25) is 0 Å². The van der Waals surface area contributed by atoms with Crippen molar-refractivity contribution >= 4 is 22.1 Å². The van der Waals surface area contributed by atoms with E-state index < -0.39 is 16.0 Å². The molecule has 0 saturated carbocycles. The van der Waals surface area contributed by atoms with Crippen molar-refractivity contribution in [2.45, 2.75) is 4.90 Å². The Morgan fingerprint density at radius 1 is 1.31 bits per heavy atom. The van der Waals surface area contributed by atoms with E-state index in [4.69, 9.17) is 5.14 Å². The third kappa shape index (κ3) is 3.48. The summed E-state index contributed by atoms with van der Waals surface area (Å²) < 4.78 is 26.3. The Morgan fingerprint density at radius 2 is 1.88 bits per heavy atom. The Kier molecular flexibility index (Phi) is 3.81. The zero-order valence-corrected chi connectivity index (χ0v) is 9.40. The molecule has 0 aliphatic carbocycles. The van der Waals surface area contributed by atoms with Gasteiger partial charge in [-0.25, -0.2) is 18.4 Å². The van der Waals surface area contributed by atoms with E-state index in [1.165, 1.54) is 31.4 Å². The topological polar surface area (TPSA) is 86.5 Å². The minimum Gasteiger partial charge on any atom is -0.466 e. The summed E-state index contributed by atoms with van der Waals surface area (Å²) in [6, 6.07) is 5.82. The van der Waals surface area contributed by atoms with Gasteiger partial charge < -0.3 is 4.74 Å². The number of rotatable bonds is 3. The van der Waals surface area contributed by atoms with Crippen LogP contribution in [0.2, 0.25) is 0 Å². The quantitative estimate of drug-likeness (QED) is 0.617. The van der Waals surface area contributed by atoms with Gasteiger partial charge in [0.25, 0.3) is 0 Å². The molecule has 0 saturated heterocycles. The van der Waals surface area contributed by atoms with Crippen LogP contribution in [0.1, 0.15) is 5.56 Å². The summed E-state index contributed by atoms with van der Waals surface area (Å²) in [4.78, 5) is 10.8. The Hall–Kier alpha value is -1.66. The molecule has 2 N–H and O–H groups in total. The van der Waals surface area contributed by atoms with Crippen molar-refractivity contribution in [3.8, 4) is 0 Å². The van der Waals surface area contributed by atoms with Crippen molar-refractivity contribution in [3.63, 3.8) is 0 Å². The number of sulfonamides is 1. The lowest BCUT2D eigenvalue weighted by atomic mass is 10.2. The monoisotopic (exact) mass is 241 g/mol. The van der Waals surface area contributed by atoms with Gasteiger partial charge in [-0.15, -0.1) is 0 Å². The highest BCUT2D eigenvalue weighted by molar-refractivity contribution is 7.89. The molecule has 1 aromatic carbocycles. The summed E-state index contributed by atoms with van der Waals surface area (Å²) in [5.74, 6) is -0.476. The molecule has 0 heterocycles. The largest absolute Gasteiger partial charge is 0.466 e. The maximum atomic E-state index is 10.9. The van der Waals surface area contributed by atoms with Crippen LogP contribution in [0.5, 0.6) is 0 Å². The van der Waals surface area contributed by atoms with Crippen LogP contribution in [0.25, 0.3) is 6.08 Å². The van der Waals surface area contributed by atoms with E-state index in [1.807, 2.05) is 0 Å². The van der Waals surface area contributed by atoms with Crippen molar-refractivity contribution in [1.82, 2.24) is 0 Å². The minimum absolute atomic E-state index is 0.0303. The molecular weight excluding hydrogens is 230 g/mol. The van der Waals surface area contributed by atoms with E-state index in [2.05, 4.69) is 4.74 Å². The van der Waals surface area contributed by atoms with E-state index in [1.54, 1.807) is 12.1 Å². The van der Waals surface area contributed by atoms with Gasteiger partial charge in [0.05, 0.1) is 12.0 Å². The highest BCUT2D eigenvalue weighted by atomic mass is 32.2. The summed E-state index contributed by atoms with van der Waals surface area (Å²) in [5, 5.41) is 4.93. The van der Waals surface area contributed by atoms with Crippen LogP contribution in [0.3, 0.4) is 0 Å². The summed E-state index contributed by atoms with van der Waals surface area (Å²) in [7, 11) is -2.40. The molecule has 86 valence electrons. The minimum atomic E-state index is -3.67. The SMILES string of the molecule is COC(=O)/C=C/c1ccc(S(N)(=O)=O)cc1. The number of primary sulfonamides is 1. The summed E-state index contributed by atoms with van der Waals surface area (Å²) in [6.45, 7) is 0. The number of hydrogen-bond acceptors (Lipinski definition) is 4. The Balaban J connectivity index is 2.88. The average Bonchev–Trinajstić information content (AvgIpc) is 2.25. The first-order valence-corrected chi connectivity index (χ1v) is 5.87. The van der Waals surface area contributed by atoms with E-state index in [-0.39, 0.29) is 4.90 Å². The number of carbonyl (C=O) groups excluding carboxylic acids is 1. The van der Waals surface area contributed by atoms with Gasteiger partial charge in [-0.1, -0.05) is 12.1 Å². The maximum Gasteiger partial charge on any atom is 0.330 e. The zero-order chi connectivity index (χ0) is 12.2. The predicted molar refractivity (Wildman–Crippen MR) is 58.9 cm³/mol. The third-order valence-electron chi connectivity index (χ3n) is 1.82. The van der Waals surface area contributed by atoms with Crippen molar-refractivity contribution in [2.24, 2.45) is 5.14 Å². The van der Waals surface area contributed by atoms with E-state index in [0.717, 1.165) is 0 Å². The van der Waals surface area contributed by atoms with Crippen LogP contribution in [0, 0.1) is 0 Å². The number of esters is 1. The van der Waals surface area contributed by atoms with E-state index in [0.29, 0.717) is 5.56 Å². The molecule has 0 amide bonds.